The third-order valence-corrected chi connectivity index (χ3v) is 4.92. The average molecular weight is 284 g/mol. The largest absolute Gasteiger partial charge is 0.381 e. The van der Waals surface area contributed by atoms with E-state index in [1.165, 1.54) is 25.8 Å². The summed E-state index contributed by atoms with van der Waals surface area (Å²) in [7, 11) is 1.85. The lowest BCUT2D eigenvalue weighted by Crippen LogP contribution is -2.51. The number of hydrogen-bond donors (Lipinski definition) is 1. The third-order valence-electron chi connectivity index (χ3n) is 4.92. The molecule has 0 aromatic heterocycles. The highest BCUT2D eigenvalue weighted by Gasteiger charge is 2.31. The first-order valence-corrected chi connectivity index (χ1v) is 8.30. The molecule has 0 bridgehead atoms. The van der Waals surface area contributed by atoms with E-state index in [1.807, 2.05) is 7.11 Å². The first-order chi connectivity index (χ1) is 9.74. The Morgan fingerprint density at radius 2 is 2.25 bits per heavy atom. The highest BCUT2D eigenvalue weighted by molar-refractivity contribution is 4.86. The number of hydrogen-bond acceptors (Lipinski definition) is 4. The van der Waals surface area contributed by atoms with Crippen molar-refractivity contribution >= 4 is 0 Å². The van der Waals surface area contributed by atoms with Gasteiger partial charge in [-0.25, -0.2) is 0 Å². The zero-order valence-corrected chi connectivity index (χ0v) is 13.4. The summed E-state index contributed by atoms with van der Waals surface area (Å²) in [5.74, 6) is 1.37. The van der Waals surface area contributed by atoms with Crippen molar-refractivity contribution in [2.45, 2.75) is 45.3 Å². The van der Waals surface area contributed by atoms with Crippen LogP contribution in [-0.2, 0) is 9.47 Å². The zero-order valence-electron chi connectivity index (χ0n) is 13.4. The van der Waals surface area contributed by atoms with E-state index in [1.54, 1.807) is 0 Å². The first-order valence-electron chi connectivity index (χ1n) is 8.30. The van der Waals surface area contributed by atoms with Crippen LogP contribution in [-0.4, -0.2) is 63.5 Å². The molecule has 0 saturated carbocycles. The predicted octanol–water partition coefficient (Wildman–Crippen LogP) is 1.75. The number of likely N-dealkylation sites (tertiary alicyclic amines) is 1. The van der Waals surface area contributed by atoms with Gasteiger partial charge in [0.25, 0.3) is 0 Å². The minimum absolute atomic E-state index is 0.399. The fourth-order valence-corrected chi connectivity index (χ4v) is 3.43. The van der Waals surface area contributed by atoms with E-state index in [4.69, 9.17) is 9.47 Å². The lowest BCUT2D eigenvalue weighted by molar-refractivity contribution is -0.00951. The van der Waals surface area contributed by atoms with Gasteiger partial charge >= 0.3 is 0 Å². The monoisotopic (exact) mass is 284 g/mol. The molecule has 0 aromatic rings. The van der Waals surface area contributed by atoms with Gasteiger partial charge in [0.1, 0.15) is 0 Å². The van der Waals surface area contributed by atoms with Crippen LogP contribution in [0.2, 0.25) is 0 Å². The summed E-state index contributed by atoms with van der Waals surface area (Å²) in [5.41, 5.74) is 0. The zero-order chi connectivity index (χ0) is 14.4. The molecule has 0 spiro atoms. The molecule has 2 aliphatic heterocycles. The highest BCUT2D eigenvalue weighted by Crippen LogP contribution is 2.22. The molecule has 4 nitrogen and oxygen atoms in total. The Bertz CT molecular complexity index is 269. The second-order valence-corrected chi connectivity index (χ2v) is 6.48. The minimum Gasteiger partial charge on any atom is -0.381 e. The summed E-state index contributed by atoms with van der Waals surface area (Å²) in [6.45, 7) is 10.9. The van der Waals surface area contributed by atoms with E-state index in [2.05, 4.69) is 24.1 Å². The van der Waals surface area contributed by atoms with E-state index in [9.17, 15) is 0 Å². The Kier molecular flexibility index (Phi) is 6.75. The molecule has 4 unspecified atom stereocenters. The number of nitrogens with zero attached hydrogens (tertiary/aromatic N) is 1. The van der Waals surface area contributed by atoms with Gasteiger partial charge in [-0.2, -0.15) is 0 Å². The fourth-order valence-electron chi connectivity index (χ4n) is 3.43. The summed E-state index contributed by atoms with van der Waals surface area (Å²) in [6, 6.07) is 0.573. The molecule has 4 atom stereocenters. The molecule has 2 rings (SSSR count). The molecular weight excluding hydrogens is 252 g/mol. The van der Waals surface area contributed by atoms with Gasteiger partial charge in [-0.15, -0.1) is 0 Å². The Morgan fingerprint density at radius 1 is 1.40 bits per heavy atom. The normalized spacial score (nSPS) is 33.5. The second-order valence-electron chi connectivity index (χ2n) is 6.48. The van der Waals surface area contributed by atoms with Crippen molar-refractivity contribution in [2.75, 3.05) is 46.5 Å². The van der Waals surface area contributed by atoms with Crippen molar-refractivity contribution < 1.29 is 9.47 Å². The van der Waals surface area contributed by atoms with Gasteiger partial charge in [-0.3, -0.25) is 4.90 Å². The van der Waals surface area contributed by atoms with Crippen LogP contribution in [0.5, 0.6) is 0 Å². The standard InChI is InChI=1S/C16H32N2O2/c1-4-7-17-15(14-6-9-20-12-14)10-18-8-5-13(2)16(11-18)19-3/h13-17H,4-12H2,1-3H3. The first kappa shape index (κ1) is 16.2. The summed E-state index contributed by atoms with van der Waals surface area (Å²) in [4.78, 5) is 2.58. The van der Waals surface area contributed by atoms with Crippen LogP contribution in [0.15, 0.2) is 0 Å². The van der Waals surface area contributed by atoms with E-state index < -0.39 is 0 Å². The summed E-state index contributed by atoms with van der Waals surface area (Å²) in [5, 5.41) is 3.74. The highest BCUT2D eigenvalue weighted by atomic mass is 16.5. The van der Waals surface area contributed by atoms with Crippen molar-refractivity contribution in [3.05, 3.63) is 0 Å². The van der Waals surface area contributed by atoms with Crippen LogP contribution in [0.25, 0.3) is 0 Å². The molecule has 2 fully saturated rings. The fraction of sp³-hybridized carbons (Fsp3) is 1.00. The van der Waals surface area contributed by atoms with Gasteiger partial charge in [-0.1, -0.05) is 13.8 Å². The van der Waals surface area contributed by atoms with E-state index in [0.29, 0.717) is 24.0 Å². The van der Waals surface area contributed by atoms with Crippen molar-refractivity contribution in [2.24, 2.45) is 11.8 Å². The Labute approximate surface area is 124 Å². The number of methoxy groups -OCH3 is 1. The quantitative estimate of drug-likeness (QED) is 0.772. The number of piperidine rings is 1. The van der Waals surface area contributed by atoms with Crippen LogP contribution in [0.1, 0.15) is 33.1 Å². The molecule has 2 saturated heterocycles. The Morgan fingerprint density at radius 3 is 2.90 bits per heavy atom. The number of nitrogens with one attached hydrogen (secondary N) is 1. The maximum Gasteiger partial charge on any atom is 0.0724 e. The molecule has 4 heteroatoms. The molecule has 2 aliphatic rings. The molecule has 0 aliphatic carbocycles. The maximum absolute atomic E-state index is 5.64. The Balaban J connectivity index is 1.86. The van der Waals surface area contributed by atoms with Crippen LogP contribution in [0.3, 0.4) is 0 Å². The SMILES string of the molecule is CCCNC(CN1CCC(C)C(OC)C1)C1CCOC1. The van der Waals surface area contributed by atoms with Crippen molar-refractivity contribution in [1.82, 2.24) is 10.2 Å². The summed E-state index contributed by atoms with van der Waals surface area (Å²) < 4.78 is 11.2. The molecular formula is C16H32N2O2. The Hall–Kier alpha value is -0.160. The van der Waals surface area contributed by atoms with Gasteiger partial charge in [0.05, 0.1) is 12.7 Å². The third kappa shape index (κ3) is 4.42. The van der Waals surface area contributed by atoms with Crippen LogP contribution in [0.4, 0.5) is 0 Å². The maximum atomic E-state index is 5.64. The van der Waals surface area contributed by atoms with Gasteiger partial charge in [0.15, 0.2) is 0 Å². The minimum atomic E-state index is 0.399. The second kappa shape index (κ2) is 8.32. The molecule has 2 heterocycles. The average Bonchev–Trinajstić information content (AvgIpc) is 2.99. The summed E-state index contributed by atoms with van der Waals surface area (Å²) in [6.07, 6.45) is 4.05. The van der Waals surface area contributed by atoms with Crippen LogP contribution >= 0.6 is 0 Å². The van der Waals surface area contributed by atoms with E-state index in [-0.39, 0.29) is 0 Å². The molecule has 0 aromatic carbocycles. The predicted molar refractivity (Wildman–Crippen MR) is 82.0 cm³/mol. The molecule has 1 N–H and O–H groups in total. The van der Waals surface area contributed by atoms with Gasteiger partial charge < -0.3 is 14.8 Å². The van der Waals surface area contributed by atoms with E-state index in [0.717, 1.165) is 32.8 Å². The van der Waals surface area contributed by atoms with Gasteiger partial charge in [-0.05, 0) is 38.3 Å². The molecule has 0 radical (unpaired) electrons. The van der Waals surface area contributed by atoms with Gasteiger partial charge in [0.2, 0.25) is 0 Å². The smallest absolute Gasteiger partial charge is 0.0724 e. The lowest BCUT2D eigenvalue weighted by atomic mass is 9.93. The topological polar surface area (TPSA) is 33.7 Å². The van der Waals surface area contributed by atoms with Crippen molar-refractivity contribution in [3.63, 3.8) is 0 Å². The van der Waals surface area contributed by atoms with Crippen molar-refractivity contribution in [3.8, 4) is 0 Å². The number of rotatable bonds is 7. The van der Waals surface area contributed by atoms with Crippen LogP contribution < -0.4 is 5.32 Å². The molecule has 118 valence electrons. The van der Waals surface area contributed by atoms with Crippen LogP contribution in [0, 0.1) is 11.8 Å². The van der Waals surface area contributed by atoms with Gasteiger partial charge in [0, 0.05) is 38.8 Å². The summed E-state index contributed by atoms with van der Waals surface area (Å²) >= 11 is 0. The van der Waals surface area contributed by atoms with E-state index >= 15 is 0 Å². The lowest BCUT2D eigenvalue weighted by Gasteiger charge is -2.39. The molecule has 0 amide bonds. The number of ether oxygens (including phenoxy) is 2. The van der Waals surface area contributed by atoms with Crippen molar-refractivity contribution in [1.29, 1.82) is 0 Å². The molecule has 20 heavy (non-hydrogen) atoms.